The fourth-order valence-electron chi connectivity index (χ4n) is 2.89. The molecule has 0 saturated carbocycles. The van der Waals surface area contributed by atoms with E-state index in [9.17, 15) is 0 Å². The lowest BCUT2D eigenvalue weighted by Gasteiger charge is -2.06. The third kappa shape index (κ3) is 4.47. The van der Waals surface area contributed by atoms with Crippen molar-refractivity contribution in [3.8, 4) is 22.4 Å². The van der Waals surface area contributed by atoms with Gasteiger partial charge in [0, 0.05) is 17.1 Å². The van der Waals surface area contributed by atoms with Crippen LogP contribution >= 0.6 is 11.3 Å². The van der Waals surface area contributed by atoms with Gasteiger partial charge >= 0.3 is 0 Å². The molecule has 2 aromatic heterocycles. The zero-order valence-corrected chi connectivity index (χ0v) is 16.7. The van der Waals surface area contributed by atoms with E-state index in [2.05, 4.69) is 75.6 Å². The predicted molar refractivity (Wildman–Crippen MR) is 121 cm³/mol. The molecule has 4 aromatic rings. The lowest BCUT2D eigenvalue weighted by molar-refractivity contribution is 0.839. The number of benzene rings is 2. The Morgan fingerprint density at radius 3 is 2.34 bits per heavy atom. The number of hydrogen-bond acceptors (Lipinski definition) is 4. The third-order valence-corrected chi connectivity index (χ3v) is 5.18. The van der Waals surface area contributed by atoms with E-state index >= 15 is 0 Å². The molecule has 0 bridgehead atoms. The second-order valence-electron chi connectivity index (χ2n) is 6.29. The third-order valence-electron chi connectivity index (χ3n) is 4.32. The van der Waals surface area contributed by atoms with Gasteiger partial charge in [-0.1, -0.05) is 66.7 Å². The summed E-state index contributed by atoms with van der Waals surface area (Å²) in [5.41, 5.74) is 5.26. The van der Waals surface area contributed by atoms with Crippen molar-refractivity contribution in [3.63, 3.8) is 0 Å². The van der Waals surface area contributed by atoms with Gasteiger partial charge in [0.1, 0.15) is 0 Å². The molecule has 2 heterocycles. The molecule has 0 fully saturated rings. The largest absolute Gasteiger partial charge is 0.255 e. The van der Waals surface area contributed by atoms with Gasteiger partial charge in [0.2, 0.25) is 4.80 Å². The van der Waals surface area contributed by atoms with E-state index in [1.807, 2.05) is 28.9 Å². The monoisotopic (exact) mass is 396 g/mol. The van der Waals surface area contributed by atoms with Crippen LogP contribution in [0.3, 0.4) is 0 Å². The van der Waals surface area contributed by atoms with Crippen molar-refractivity contribution in [2.45, 2.75) is 0 Å². The molecule has 0 radical (unpaired) electrons. The second-order valence-corrected chi connectivity index (χ2v) is 7.12. The highest BCUT2D eigenvalue weighted by Gasteiger charge is 2.08. The van der Waals surface area contributed by atoms with Gasteiger partial charge in [0.05, 0.1) is 24.1 Å². The lowest BCUT2D eigenvalue weighted by Crippen LogP contribution is -2.12. The minimum absolute atomic E-state index is 0.548. The average Bonchev–Trinajstić information content (AvgIpc) is 3.20. The molecule has 0 spiro atoms. The molecule has 0 saturated heterocycles. The van der Waals surface area contributed by atoms with Crippen molar-refractivity contribution >= 4 is 17.6 Å². The van der Waals surface area contributed by atoms with E-state index in [-0.39, 0.29) is 0 Å². The molecule has 4 rings (SSSR count). The molecule has 0 unspecified atom stereocenters. The van der Waals surface area contributed by atoms with E-state index in [0.717, 1.165) is 21.8 Å². The highest BCUT2D eigenvalue weighted by molar-refractivity contribution is 7.07. The lowest BCUT2D eigenvalue weighted by atomic mass is 10.0. The Morgan fingerprint density at radius 2 is 1.62 bits per heavy atom. The Hall–Kier alpha value is -3.57. The molecule has 0 aliphatic rings. The maximum absolute atomic E-state index is 4.66. The molecule has 29 heavy (non-hydrogen) atoms. The first kappa shape index (κ1) is 18.8. The van der Waals surface area contributed by atoms with E-state index in [0.29, 0.717) is 6.54 Å². The van der Waals surface area contributed by atoms with Crippen LogP contribution in [0.2, 0.25) is 0 Å². The summed E-state index contributed by atoms with van der Waals surface area (Å²) >= 11 is 1.56. The van der Waals surface area contributed by atoms with E-state index in [1.54, 1.807) is 29.8 Å². The van der Waals surface area contributed by atoms with Crippen LogP contribution in [0.1, 0.15) is 5.69 Å². The van der Waals surface area contributed by atoms with Gasteiger partial charge in [-0.25, -0.2) is 4.68 Å². The van der Waals surface area contributed by atoms with Crippen LogP contribution in [-0.2, 0) is 0 Å². The number of nitrogens with zero attached hydrogens (tertiary/aromatic N) is 4. The van der Waals surface area contributed by atoms with Crippen LogP contribution in [0.4, 0.5) is 0 Å². The standard InChI is InChI=1S/C24H20N4S/c1-2-15-26-24-28(27-17-22-10-6-7-16-25-22)23(18-29-24)21-13-11-20(12-14-21)19-8-4-3-5-9-19/h2-14,16-18H,1,15H2/b26-24?,27-17-. The molecule has 2 aromatic carbocycles. The van der Waals surface area contributed by atoms with Crippen molar-refractivity contribution in [1.29, 1.82) is 0 Å². The fourth-order valence-corrected chi connectivity index (χ4v) is 3.74. The van der Waals surface area contributed by atoms with Crippen LogP contribution in [0.5, 0.6) is 0 Å². The molecule has 0 N–H and O–H groups in total. The van der Waals surface area contributed by atoms with Gasteiger partial charge in [-0.2, -0.15) is 5.10 Å². The number of aromatic nitrogens is 2. The van der Waals surface area contributed by atoms with Gasteiger partial charge in [-0.3, -0.25) is 9.98 Å². The molecule has 0 amide bonds. The molecule has 5 heteroatoms. The topological polar surface area (TPSA) is 42.5 Å². The molecule has 0 atom stereocenters. The van der Waals surface area contributed by atoms with Gasteiger partial charge in [0.25, 0.3) is 0 Å². The Balaban J connectivity index is 1.72. The average molecular weight is 397 g/mol. The van der Waals surface area contributed by atoms with Gasteiger partial charge in [0.15, 0.2) is 0 Å². The Bertz CT molecular complexity index is 1170. The Morgan fingerprint density at radius 1 is 0.897 bits per heavy atom. The number of rotatable bonds is 6. The number of hydrogen-bond donors (Lipinski definition) is 0. The number of pyridine rings is 1. The normalized spacial score (nSPS) is 11.8. The summed E-state index contributed by atoms with van der Waals surface area (Å²) in [6, 6.07) is 24.6. The first-order valence-corrected chi connectivity index (χ1v) is 10.2. The summed E-state index contributed by atoms with van der Waals surface area (Å²) in [5.74, 6) is 0. The Labute approximate surface area is 173 Å². The minimum Gasteiger partial charge on any atom is -0.255 e. The fraction of sp³-hybridized carbons (Fsp3) is 0.0417. The van der Waals surface area contributed by atoms with E-state index in [1.165, 1.54) is 11.1 Å². The van der Waals surface area contributed by atoms with Gasteiger partial charge < -0.3 is 0 Å². The molecule has 0 aliphatic carbocycles. The Kier molecular flexibility index (Phi) is 5.88. The highest BCUT2D eigenvalue weighted by Crippen LogP contribution is 2.25. The van der Waals surface area contributed by atoms with Crippen molar-refractivity contribution in [3.05, 3.63) is 108 Å². The van der Waals surface area contributed by atoms with Crippen molar-refractivity contribution in [2.75, 3.05) is 6.54 Å². The summed E-state index contributed by atoms with van der Waals surface area (Å²) in [7, 11) is 0. The zero-order chi connectivity index (χ0) is 19.9. The maximum Gasteiger partial charge on any atom is 0.206 e. The molecule has 142 valence electrons. The smallest absolute Gasteiger partial charge is 0.206 e. The summed E-state index contributed by atoms with van der Waals surface area (Å²) in [6.07, 6.45) is 5.29. The first-order chi connectivity index (χ1) is 14.3. The van der Waals surface area contributed by atoms with E-state index < -0.39 is 0 Å². The van der Waals surface area contributed by atoms with Crippen LogP contribution in [0, 0.1) is 0 Å². The zero-order valence-electron chi connectivity index (χ0n) is 15.8. The molecule has 0 aliphatic heterocycles. The summed E-state index contributed by atoms with van der Waals surface area (Å²) < 4.78 is 1.86. The maximum atomic E-state index is 4.66. The quantitative estimate of drug-likeness (QED) is 0.324. The predicted octanol–water partition coefficient (Wildman–Crippen LogP) is 5.25. The van der Waals surface area contributed by atoms with Crippen LogP contribution in [0.15, 0.2) is 107 Å². The number of thiazole rings is 1. The van der Waals surface area contributed by atoms with Crippen LogP contribution in [-0.4, -0.2) is 22.4 Å². The molecular formula is C24H20N4S. The second kappa shape index (κ2) is 9.08. The van der Waals surface area contributed by atoms with Crippen molar-refractivity contribution in [2.24, 2.45) is 10.1 Å². The minimum atomic E-state index is 0.548. The highest BCUT2D eigenvalue weighted by atomic mass is 32.1. The van der Waals surface area contributed by atoms with E-state index in [4.69, 9.17) is 0 Å². The van der Waals surface area contributed by atoms with Gasteiger partial charge in [-0.05, 0) is 23.3 Å². The molecular weight excluding hydrogens is 376 g/mol. The summed E-state index contributed by atoms with van der Waals surface area (Å²) in [6.45, 7) is 4.30. The van der Waals surface area contributed by atoms with Crippen LogP contribution < -0.4 is 4.80 Å². The SMILES string of the molecule is C=CCN=c1scc(-c2ccc(-c3ccccc3)cc2)n1/N=C\c1ccccn1. The summed E-state index contributed by atoms with van der Waals surface area (Å²) in [4.78, 5) is 9.71. The van der Waals surface area contributed by atoms with Gasteiger partial charge in [-0.15, -0.1) is 17.9 Å². The first-order valence-electron chi connectivity index (χ1n) is 9.28. The molecule has 4 nitrogen and oxygen atoms in total. The summed E-state index contributed by atoms with van der Waals surface area (Å²) in [5, 5.41) is 6.74. The van der Waals surface area contributed by atoms with Crippen molar-refractivity contribution in [1.82, 2.24) is 9.66 Å². The van der Waals surface area contributed by atoms with Crippen molar-refractivity contribution < 1.29 is 0 Å². The van der Waals surface area contributed by atoms with Crippen LogP contribution in [0.25, 0.3) is 22.4 Å².